The number of nitro groups is 1. The highest BCUT2D eigenvalue weighted by Gasteiger charge is 2.11. The number of rotatable bonds is 9. The standard InChI is InChI=1S/C14H19N3O3/c1-2-16-11-12-10-13(17(18)19)6-7-14(12)20-9-5-3-4-8-15/h6-7,10,16H,2-5,9,11H2,1H3. The molecule has 0 aromatic heterocycles. The summed E-state index contributed by atoms with van der Waals surface area (Å²) in [5.74, 6) is 0.661. The van der Waals surface area contributed by atoms with Crippen LogP contribution in [0.5, 0.6) is 5.75 Å². The van der Waals surface area contributed by atoms with Gasteiger partial charge in [0.2, 0.25) is 0 Å². The summed E-state index contributed by atoms with van der Waals surface area (Å²) in [6.45, 7) is 3.80. The monoisotopic (exact) mass is 277 g/mol. The van der Waals surface area contributed by atoms with Crippen LogP contribution >= 0.6 is 0 Å². The summed E-state index contributed by atoms with van der Waals surface area (Å²) in [4.78, 5) is 10.4. The molecule has 0 aliphatic rings. The smallest absolute Gasteiger partial charge is 0.270 e. The lowest BCUT2D eigenvalue weighted by molar-refractivity contribution is -0.384. The molecule has 0 amide bonds. The zero-order valence-corrected chi connectivity index (χ0v) is 11.6. The molecule has 6 nitrogen and oxygen atoms in total. The lowest BCUT2D eigenvalue weighted by Crippen LogP contribution is -2.13. The summed E-state index contributed by atoms with van der Waals surface area (Å²) in [6.07, 6.45) is 2.12. The van der Waals surface area contributed by atoms with Gasteiger partial charge in [0.25, 0.3) is 5.69 Å². The summed E-state index contributed by atoms with van der Waals surface area (Å²) in [7, 11) is 0. The molecular formula is C14H19N3O3. The number of ether oxygens (including phenoxy) is 1. The number of non-ortho nitro benzene ring substituents is 1. The molecular weight excluding hydrogens is 258 g/mol. The van der Waals surface area contributed by atoms with E-state index >= 15 is 0 Å². The van der Waals surface area contributed by atoms with Gasteiger partial charge in [0, 0.05) is 30.7 Å². The summed E-state index contributed by atoms with van der Waals surface area (Å²) < 4.78 is 5.64. The number of nitro benzene ring substituents is 1. The van der Waals surface area contributed by atoms with E-state index in [1.807, 2.05) is 6.92 Å². The Kier molecular flexibility index (Phi) is 7.07. The van der Waals surface area contributed by atoms with Gasteiger partial charge in [0.15, 0.2) is 0 Å². The topological polar surface area (TPSA) is 88.2 Å². The third-order valence-electron chi connectivity index (χ3n) is 2.76. The number of nitrogens with zero attached hydrogens (tertiary/aromatic N) is 2. The van der Waals surface area contributed by atoms with Crippen molar-refractivity contribution >= 4 is 5.69 Å². The van der Waals surface area contributed by atoms with Crippen LogP contribution in [0, 0.1) is 21.4 Å². The summed E-state index contributed by atoms with van der Waals surface area (Å²) in [6, 6.07) is 6.70. The largest absolute Gasteiger partial charge is 0.493 e. The van der Waals surface area contributed by atoms with Gasteiger partial charge in [-0.2, -0.15) is 5.26 Å². The zero-order chi connectivity index (χ0) is 14.8. The number of nitrogens with one attached hydrogen (secondary N) is 1. The fourth-order valence-corrected chi connectivity index (χ4v) is 1.71. The van der Waals surface area contributed by atoms with E-state index in [9.17, 15) is 10.1 Å². The Morgan fingerprint density at radius 1 is 1.45 bits per heavy atom. The molecule has 1 rings (SSSR count). The molecule has 0 radical (unpaired) electrons. The first-order valence-electron chi connectivity index (χ1n) is 6.66. The van der Waals surface area contributed by atoms with Crippen LogP contribution in [0.3, 0.4) is 0 Å². The van der Waals surface area contributed by atoms with E-state index in [-0.39, 0.29) is 5.69 Å². The maximum Gasteiger partial charge on any atom is 0.270 e. The highest BCUT2D eigenvalue weighted by Crippen LogP contribution is 2.24. The number of hydrogen-bond donors (Lipinski definition) is 1. The molecule has 0 spiro atoms. The molecule has 1 aromatic rings. The van der Waals surface area contributed by atoms with Crippen molar-refractivity contribution in [1.29, 1.82) is 5.26 Å². The van der Waals surface area contributed by atoms with Crippen LogP contribution < -0.4 is 10.1 Å². The van der Waals surface area contributed by atoms with E-state index in [2.05, 4.69) is 11.4 Å². The van der Waals surface area contributed by atoms with Gasteiger partial charge in [0.05, 0.1) is 17.6 Å². The fourth-order valence-electron chi connectivity index (χ4n) is 1.71. The van der Waals surface area contributed by atoms with Crippen molar-refractivity contribution in [3.05, 3.63) is 33.9 Å². The van der Waals surface area contributed by atoms with Gasteiger partial charge in [-0.1, -0.05) is 6.92 Å². The zero-order valence-electron chi connectivity index (χ0n) is 11.6. The van der Waals surface area contributed by atoms with Gasteiger partial charge in [-0.05, 0) is 25.5 Å². The SMILES string of the molecule is CCNCc1cc([N+](=O)[O-])ccc1OCCCCC#N. The molecule has 108 valence electrons. The van der Waals surface area contributed by atoms with Crippen LogP contribution in [-0.4, -0.2) is 18.1 Å². The average molecular weight is 277 g/mol. The Hall–Kier alpha value is -2.13. The van der Waals surface area contributed by atoms with Crippen molar-refractivity contribution in [3.8, 4) is 11.8 Å². The lowest BCUT2D eigenvalue weighted by Gasteiger charge is -2.11. The molecule has 0 aliphatic carbocycles. The van der Waals surface area contributed by atoms with E-state index in [0.717, 1.165) is 24.9 Å². The summed E-state index contributed by atoms with van der Waals surface area (Å²) in [5, 5.41) is 22.4. The molecule has 1 aromatic carbocycles. The van der Waals surface area contributed by atoms with Crippen LogP contribution in [0.25, 0.3) is 0 Å². The van der Waals surface area contributed by atoms with Crippen LogP contribution in [0.15, 0.2) is 18.2 Å². The predicted octanol–water partition coefficient (Wildman–Crippen LogP) is 2.78. The molecule has 6 heteroatoms. The van der Waals surface area contributed by atoms with Gasteiger partial charge in [0.1, 0.15) is 5.75 Å². The van der Waals surface area contributed by atoms with Crippen molar-refractivity contribution in [2.45, 2.75) is 32.7 Å². The first-order valence-corrected chi connectivity index (χ1v) is 6.66. The van der Waals surface area contributed by atoms with Crippen LogP contribution in [0.4, 0.5) is 5.69 Å². The van der Waals surface area contributed by atoms with Crippen LogP contribution in [0.1, 0.15) is 31.7 Å². The van der Waals surface area contributed by atoms with E-state index in [4.69, 9.17) is 10.00 Å². The number of benzene rings is 1. The third kappa shape index (κ3) is 5.24. The molecule has 0 bridgehead atoms. The summed E-state index contributed by atoms with van der Waals surface area (Å²) in [5.41, 5.74) is 0.844. The predicted molar refractivity (Wildman–Crippen MR) is 75.4 cm³/mol. The van der Waals surface area contributed by atoms with Crippen LogP contribution in [-0.2, 0) is 6.54 Å². The number of unbranched alkanes of at least 4 members (excludes halogenated alkanes) is 2. The van der Waals surface area contributed by atoms with Gasteiger partial charge >= 0.3 is 0 Å². The second kappa shape index (κ2) is 8.88. The molecule has 0 saturated heterocycles. The maximum absolute atomic E-state index is 10.8. The molecule has 1 N–H and O–H groups in total. The van der Waals surface area contributed by atoms with Crippen molar-refractivity contribution in [1.82, 2.24) is 5.32 Å². The summed E-state index contributed by atoms with van der Waals surface area (Å²) >= 11 is 0. The van der Waals surface area contributed by atoms with Crippen LogP contribution in [0.2, 0.25) is 0 Å². The first kappa shape index (κ1) is 15.9. The quantitative estimate of drug-likeness (QED) is 0.426. The minimum absolute atomic E-state index is 0.0646. The molecule has 0 fully saturated rings. The highest BCUT2D eigenvalue weighted by molar-refractivity contribution is 5.43. The van der Waals surface area contributed by atoms with Gasteiger partial charge in [-0.15, -0.1) is 0 Å². The van der Waals surface area contributed by atoms with Crippen molar-refractivity contribution in [3.63, 3.8) is 0 Å². The Labute approximate surface area is 118 Å². The van der Waals surface area contributed by atoms with E-state index in [1.54, 1.807) is 6.07 Å². The second-order valence-electron chi connectivity index (χ2n) is 4.29. The maximum atomic E-state index is 10.8. The van der Waals surface area contributed by atoms with E-state index < -0.39 is 4.92 Å². The third-order valence-corrected chi connectivity index (χ3v) is 2.76. The highest BCUT2D eigenvalue weighted by atomic mass is 16.6. The van der Waals surface area contributed by atoms with Gasteiger partial charge < -0.3 is 10.1 Å². The molecule has 0 unspecified atom stereocenters. The van der Waals surface area contributed by atoms with Gasteiger partial charge in [-0.3, -0.25) is 10.1 Å². The van der Waals surface area contributed by atoms with Gasteiger partial charge in [-0.25, -0.2) is 0 Å². The van der Waals surface area contributed by atoms with Crippen molar-refractivity contribution in [2.75, 3.05) is 13.2 Å². The Morgan fingerprint density at radius 2 is 2.25 bits per heavy atom. The molecule has 0 aliphatic heterocycles. The van der Waals surface area contributed by atoms with E-state index in [0.29, 0.717) is 25.3 Å². The molecule has 0 saturated carbocycles. The number of nitriles is 1. The lowest BCUT2D eigenvalue weighted by atomic mass is 10.1. The Balaban J connectivity index is 2.67. The molecule has 0 heterocycles. The average Bonchev–Trinajstić information content (AvgIpc) is 2.45. The minimum Gasteiger partial charge on any atom is -0.493 e. The normalized spacial score (nSPS) is 10.0. The van der Waals surface area contributed by atoms with Crippen molar-refractivity contribution in [2.24, 2.45) is 0 Å². The molecule has 0 atom stereocenters. The van der Waals surface area contributed by atoms with E-state index in [1.165, 1.54) is 12.1 Å². The van der Waals surface area contributed by atoms with Crippen molar-refractivity contribution < 1.29 is 9.66 Å². The molecule has 20 heavy (non-hydrogen) atoms. The number of hydrogen-bond acceptors (Lipinski definition) is 5. The fraction of sp³-hybridized carbons (Fsp3) is 0.500. The Morgan fingerprint density at radius 3 is 2.90 bits per heavy atom. The first-order chi connectivity index (χ1) is 9.69. The second-order valence-corrected chi connectivity index (χ2v) is 4.29. The minimum atomic E-state index is -0.411. The Bertz CT molecular complexity index is 483.